The lowest BCUT2D eigenvalue weighted by Crippen LogP contribution is -2.15. The molecule has 2 aromatic carbocycles. The number of para-hydroxylation sites is 2. The van der Waals surface area contributed by atoms with Crippen LogP contribution in [0.2, 0.25) is 0 Å². The summed E-state index contributed by atoms with van der Waals surface area (Å²) in [6.45, 7) is 0. The predicted octanol–water partition coefficient (Wildman–Crippen LogP) is 5.14. The summed E-state index contributed by atoms with van der Waals surface area (Å²) < 4.78 is 0. The largest absolute Gasteiger partial charge is 0.234 e. The maximum Gasteiger partial charge on any atom is 0.0652 e. The van der Waals surface area contributed by atoms with Gasteiger partial charge in [-0.15, -0.1) is 0 Å². The molecule has 0 N–H and O–H groups in total. The Morgan fingerprint density at radius 3 is 1.65 bits per heavy atom. The second-order valence-electron chi connectivity index (χ2n) is 5.21. The zero-order chi connectivity index (χ0) is 13.6. The molecule has 20 heavy (non-hydrogen) atoms. The number of nitrogens with zero attached hydrogens (tertiary/aromatic N) is 2. The zero-order valence-electron chi connectivity index (χ0n) is 11.7. The van der Waals surface area contributed by atoms with Crippen LogP contribution in [0.5, 0.6) is 0 Å². The molecule has 1 saturated carbocycles. The summed E-state index contributed by atoms with van der Waals surface area (Å²) in [6, 6.07) is 20.8. The van der Waals surface area contributed by atoms with Crippen molar-refractivity contribution in [3.8, 4) is 0 Å². The smallest absolute Gasteiger partial charge is 0.0652 e. The van der Waals surface area contributed by atoms with Gasteiger partial charge in [0.05, 0.1) is 11.4 Å². The highest BCUT2D eigenvalue weighted by atomic mass is 15.5. The highest BCUT2D eigenvalue weighted by Crippen LogP contribution is 2.27. The first-order valence-corrected chi connectivity index (χ1v) is 7.40. The molecule has 0 saturated heterocycles. The van der Waals surface area contributed by atoms with Crippen LogP contribution in [0, 0.1) is 0 Å². The summed E-state index contributed by atoms with van der Waals surface area (Å²) in [5, 5.41) is 7.00. The fraction of sp³-hybridized carbons (Fsp3) is 0.278. The third-order valence-electron chi connectivity index (χ3n) is 3.67. The minimum atomic E-state index is 1.12. The van der Waals surface area contributed by atoms with Gasteiger partial charge in [-0.05, 0) is 49.9 Å². The third kappa shape index (κ3) is 3.08. The van der Waals surface area contributed by atoms with E-state index in [0.717, 1.165) is 24.2 Å². The Labute approximate surface area is 120 Å². The predicted molar refractivity (Wildman–Crippen MR) is 85.5 cm³/mol. The van der Waals surface area contributed by atoms with Crippen LogP contribution in [0.15, 0.2) is 65.8 Å². The number of hydrogen-bond acceptors (Lipinski definition) is 2. The second kappa shape index (κ2) is 6.38. The van der Waals surface area contributed by atoms with Gasteiger partial charge in [-0.1, -0.05) is 42.8 Å². The topological polar surface area (TPSA) is 15.6 Å². The van der Waals surface area contributed by atoms with Gasteiger partial charge in [-0.2, -0.15) is 5.10 Å². The standard InChI is InChI=1S/C18H20N2/c1-4-10-16(11-5-1)19-20(17-12-6-2-7-13-17)18-14-8-3-9-15-18/h2-3,6-9,12-15H,1,4-5,10-11H2. The Balaban J connectivity index is 1.95. The minimum Gasteiger partial charge on any atom is -0.234 e. The van der Waals surface area contributed by atoms with Crippen LogP contribution in [0.25, 0.3) is 0 Å². The molecule has 0 spiro atoms. The van der Waals surface area contributed by atoms with E-state index in [2.05, 4.69) is 53.5 Å². The molecule has 0 amide bonds. The highest BCUT2D eigenvalue weighted by molar-refractivity contribution is 5.86. The molecule has 0 radical (unpaired) electrons. The minimum absolute atomic E-state index is 1.12. The molecule has 102 valence electrons. The summed E-state index contributed by atoms with van der Waals surface area (Å²) in [7, 11) is 0. The van der Waals surface area contributed by atoms with Gasteiger partial charge in [0.2, 0.25) is 0 Å². The zero-order valence-corrected chi connectivity index (χ0v) is 11.7. The van der Waals surface area contributed by atoms with Crippen molar-refractivity contribution in [2.45, 2.75) is 32.1 Å². The van der Waals surface area contributed by atoms with Crippen molar-refractivity contribution < 1.29 is 0 Å². The normalized spacial score (nSPS) is 14.9. The van der Waals surface area contributed by atoms with E-state index in [4.69, 9.17) is 5.10 Å². The van der Waals surface area contributed by atoms with Gasteiger partial charge in [-0.3, -0.25) is 0 Å². The summed E-state index contributed by atoms with van der Waals surface area (Å²) in [6.07, 6.45) is 6.16. The van der Waals surface area contributed by atoms with Gasteiger partial charge in [0.15, 0.2) is 0 Å². The van der Waals surface area contributed by atoms with Crippen LogP contribution >= 0.6 is 0 Å². The number of anilines is 2. The van der Waals surface area contributed by atoms with Gasteiger partial charge in [-0.25, -0.2) is 5.01 Å². The maximum absolute atomic E-state index is 4.93. The lowest BCUT2D eigenvalue weighted by molar-refractivity contribution is 0.663. The first-order chi connectivity index (χ1) is 9.93. The van der Waals surface area contributed by atoms with Gasteiger partial charge in [0, 0.05) is 5.71 Å². The number of rotatable bonds is 3. The molecule has 2 nitrogen and oxygen atoms in total. The van der Waals surface area contributed by atoms with Crippen LogP contribution in [-0.4, -0.2) is 5.71 Å². The molecule has 0 heterocycles. The van der Waals surface area contributed by atoms with E-state index in [1.807, 2.05) is 12.1 Å². The molecule has 3 rings (SSSR count). The molecule has 0 aliphatic heterocycles. The third-order valence-corrected chi connectivity index (χ3v) is 3.67. The van der Waals surface area contributed by atoms with Crippen molar-refractivity contribution in [1.29, 1.82) is 0 Å². The van der Waals surface area contributed by atoms with Crippen molar-refractivity contribution in [3.05, 3.63) is 60.7 Å². The number of hydrazone groups is 1. The Kier molecular flexibility index (Phi) is 4.12. The SMILES string of the molecule is c1ccc(N(N=C2CCCCC2)c2ccccc2)cc1. The molecule has 0 aromatic heterocycles. The van der Waals surface area contributed by atoms with E-state index in [1.165, 1.54) is 25.0 Å². The molecule has 0 atom stereocenters. The van der Waals surface area contributed by atoms with Crippen molar-refractivity contribution in [2.24, 2.45) is 5.10 Å². The molecule has 1 fully saturated rings. The Morgan fingerprint density at radius 2 is 1.15 bits per heavy atom. The van der Waals surface area contributed by atoms with Crippen molar-refractivity contribution in [3.63, 3.8) is 0 Å². The van der Waals surface area contributed by atoms with Crippen LogP contribution < -0.4 is 5.01 Å². The van der Waals surface area contributed by atoms with Crippen LogP contribution in [-0.2, 0) is 0 Å². The second-order valence-corrected chi connectivity index (χ2v) is 5.21. The van der Waals surface area contributed by atoms with Crippen LogP contribution in [0.3, 0.4) is 0 Å². The van der Waals surface area contributed by atoms with E-state index in [0.29, 0.717) is 0 Å². The van der Waals surface area contributed by atoms with E-state index < -0.39 is 0 Å². The monoisotopic (exact) mass is 264 g/mol. The average Bonchev–Trinajstić information content (AvgIpc) is 2.55. The van der Waals surface area contributed by atoms with E-state index in [9.17, 15) is 0 Å². The van der Waals surface area contributed by atoms with Crippen molar-refractivity contribution in [2.75, 3.05) is 5.01 Å². The van der Waals surface area contributed by atoms with Gasteiger partial charge < -0.3 is 0 Å². The number of hydrogen-bond donors (Lipinski definition) is 0. The maximum atomic E-state index is 4.93. The molecular formula is C18H20N2. The fourth-order valence-corrected chi connectivity index (χ4v) is 2.60. The number of benzene rings is 2. The summed E-state index contributed by atoms with van der Waals surface area (Å²) >= 11 is 0. The quantitative estimate of drug-likeness (QED) is 0.700. The molecule has 2 heteroatoms. The van der Waals surface area contributed by atoms with Gasteiger partial charge >= 0.3 is 0 Å². The molecular weight excluding hydrogens is 244 g/mol. The Morgan fingerprint density at radius 1 is 0.650 bits per heavy atom. The lowest BCUT2D eigenvalue weighted by atomic mass is 9.99. The first kappa shape index (κ1) is 12.9. The summed E-state index contributed by atoms with van der Waals surface area (Å²) in [5.41, 5.74) is 3.57. The van der Waals surface area contributed by atoms with Crippen LogP contribution in [0.1, 0.15) is 32.1 Å². The van der Waals surface area contributed by atoms with Gasteiger partial charge in [0.1, 0.15) is 0 Å². The van der Waals surface area contributed by atoms with Crippen molar-refractivity contribution in [1.82, 2.24) is 0 Å². The summed E-state index contributed by atoms with van der Waals surface area (Å²) in [5.74, 6) is 0. The van der Waals surface area contributed by atoms with E-state index >= 15 is 0 Å². The molecule has 1 aliphatic rings. The Bertz CT molecular complexity index is 513. The summed E-state index contributed by atoms with van der Waals surface area (Å²) in [4.78, 5) is 0. The van der Waals surface area contributed by atoms with E-state index in [1.54, 1.807) is 0 Å². The Hall–Kier alpha value is -2.09. The van der Waals surface area contributed by atoms with E-state index in [-0.39, 0.29) is 0 Å². The molecule has 0 bridgehead atoms. The van der Waals surface area contributed by atoms with Crippen molar-refractivity contribution >= 4 is 17.1 Å². The average molecular weight is 264 g/mol. The fourth-order valence-electron chi connectivity index (χ4n) is 2.60. The molecule has 1 aliphatic carbocycles. The lowest BCUT2D eigenvalue weighted by Gasteiger charge is -2.22. The first-order valence-electron chi connectivity index (χ1n) is 7.40. The van der Waals surface area contributed by atoms with Gasteiger partial charge in [0.25, 0.3) is 0 Å². The van der Waals surface area contributed by atoms with Crippen LogP contribution in [0.4, 0.5) is 11.4 Å². The highest BCUT2D eigenvalue weighted by Gasteiger charge is 2.12. The molecule has 2 aromatic rings. The molecule has 0 unspecified atom stereocenters.